The summed E-state index contributed by atoms with van der Waals surface area (Å²) in [7, 11) is 0. The van der Waals surface area contributed by atoms with E-state index in [1.807, 2.05) is 31.2 Å². The summed E-state index contributed by atoms with van der Waals surface area (Å²) in [4.78, 5) is 13.9. The highest BCUT2D eigenvalue weighted by molar-refractivity contribution is 5.65. The monoisotopic (exact) mass is 346 g/mol. The molecule has 4 rings (SSSR count). The zero-order chi connectivity index (χ0) is 17.9. The number of phenolic OH excluding ortho intramolecular Hbond substituents is 1. The van der Waals surface area contributed by atoms with Crippen LogP contribution in [0.25, 0.3) is 11.4 Å². The molecule has 5 heteroatoms. The standard InChI is InChI=1S/C21H22N4O/c1-16-15-20(23-21(22-16)18-9-5-6-10-19(18)26)25-13-11-24(12-14-25)17-7-3-2-4-8-17/h2-10,15,26H,11-14H2,1H3. The van der Waals surface area contributed by atoms with Gasteiger partial charge in [-0.25, -0.2) is 9.97 Å². The van der Waals surface area contributed by atoms with Crippen molar-refractivity contribution in [3.05, 3.63) is 66.4 Å². The number of benzene rings is 2. The second-order valence-electron chi connectivity index (χ2n) is 6.52. The minimum Gasteiger partial charge on any atom is -0.507 e. The molecule has 0 unspecified atom stereocenters. The SMILES string of the molecule is Cc1cc(N2CCN(c3ccccc3)CC2)nc(-c2ccccc2O)n1. The second-order valence-corrected chi connectivity index (χ2v) is 6.52. The maximum atomic E-state index is 10.1. The van der Waals surface area contributed by atoms with E-state index < -0.39 is 0 Å². The van der Waals surface area contributed by atoms with Crippen molar-refractivity contribution in [2.45, 2.75) is 6.92 Å². The topological polar surface area (TPSA) is 52.5 Å². The molecule has 132 valence electrons. The Morgan fingerprint density at radius 1 is 0.808 bits per heavy atom. The van der Waals surface area contributed by atoms with Crippen LogP contribution in [-0.2, 0) is 0 Å². The number of rotatable bonds is 3. The molecule has 0 amide bonds. The van der Waals surface area contributed by atoms with Gasteiger partial charge in [-0.05, 0) is 31.2 Å². The summed E-state index contributed by atoms with van der Waals surface area (Å²) >= 11 is 0. The number of hydrogen-bond acceptors (Lipinski definition) is 5. The summed E-state index contributed by atoms with van der Waals surface area (Å²) < 4.78 is 0. The molecule has 26 heavy (non-hydrogen) atoms. The van der Waals surface area contributed by atoms with Crippen molar-refractivity contribution in [2.24, 2.45) is 0 Å². The molecule has 2 aromatic carbocycles. The number of aryl methyl sites for hydroxylation is 1. The lowest BCUT2D eigenvalue weighted by Gasteiger charge is -2.36. The first kappa shape index (κ1) is 16.4. The van der Waals surface area contributed by atoms with Gasteiger partial charge >= 0.3 is 0 Å². The first-order valence-corrected chi connectivity index (χ1v) is 8.90. The highest BCUT2D eigenvalue weighted by Gasteiger charge is 2.20. The van der Waals surface area contributed by atoms with Gasteiger partial charge in [-0.3, -0.25) is 0 Å². The van der Waals surface area contributed by atoms with Crippen LogP contribution in [0, 0.1) is 6.92 Å². The predicted molar refractivity (Wildman–Crippen MR) is 105 cm³/mol. The van der Waals surface area contributed by atoms with Crippen molar-refractivity contribution in [3.63, 3.8) is 0 Å². The summed E-state index contributed by atoms with van der Waals surface area (Å²) in [5.41, 5.74) is 2.83. The van der Waals surface area contributed by atoms with Crippen LogP contribution >= 0.6 is 0 Å². The lowest BCUT2D eigenvalue weighted by molar-refractivity contribution is 0.477. The molecule has 1 fully saturated rings. The molecular weight excluding hydrogens is 324 g/mol. The fraction of sp³-hybridized carbons (Fsp3) is 0.238. The van der Waals surface area contributed by atoms with E-state index in [1.54, 1.807) is 12.1 Å². The van der Waals surface area contributed by atoms with E-state index in [0.717, 1.165) is 37.7 Å². The van der Waals surface area contributed by atoms with Crippen molar-refractivity contribution < 1.29 is 5.11 Å². The number of phenols is 1. The molecule has 0 radical (unpaired) electrons. The molecule has 0 spiro atoms. The minimum atomic E-state index is 0.206. The van der Waals surface area contributed by atoms with E-state index in [-0.39, 0.29) is 5.75 Å². The van der Waals surface area contributed by atoms with Gasteiger partial charge in [0.05, 0.1) is 5.56 Å². The molecule has 1 aromatic heterocycles. The molecule has 0 atom stereocenters. The molecule has 0 aliphatic carbocycles. The summed E-state index contributed by atoms with van der Waals surface area (Å²) in [5, 5.41) is 10.1. The highest BCUT2D eigenvalue weighted by Crippen LogP contribution is 2.28. The lowest BCUT2D eigenvalue weighted by Crippen LogP contribution is -2.46. The molecule has 1 aliphatic heterocycles. The Morgan fingerprint density at radius 2 is 1.46 bits per heavy atom. The Labute approximate surface area is 153 Å². The van der Waals surface area contributed by atoms with E-state index in [2.05, 4.69) is 39.0 Å². The highest BCUT2D eigenvalue weighted by atomic mass is 16.3. The molecule has 3 aromatic rings. The molecule has 0 bridgehead atoms. The van der Waals surface area contributed by atoms with Gasteiger partial charge in [0.2, 0.25) is 0 Å². The molecule has 5 nitrogen and oxygen atoms in total. The van der Waals surface area contributed by atoms with Crippen LogP contribution in [0.3, 0.4) is 0 Å². The van der Waals surface area contributed by atoms with E-state index in [1.165, 1.54) is 5.69 Å². The van der Waals surface area contributed by atoms with Gasteiger partial charge in [0, 0.05) is 43.6 Å². The van der Waals surface area contributed by atoms with Crippen LogP contribution in [0.2, 0.25) is 0 Å². The summed E-state index contributed by atoms with van der Waals surface area (Å²) in [6.45, 7) is 5.70. The van der Waals surface area contributed by atoms with Gasteiger partial charge in [0.25, 0.3) is 0 Å². The van der Waals surface area contributed by atoms with E-state index in [0.29, 0.717) is 11.4 Å². The molecule has 2 heterocycles. The van der Waals surface area contributed by atoms with Crippen molar-refractivity contribution in [1.29, 1.82) is 0 Å². The molecule has 1 aliphatic rings. The summed E-state index contributed by atoms with van der Waals surface area (Å²) in [6, 6.07) is 19.7. The van der Waals surface area contributed by atoms with Gasteiger partial charge in [0.1, 0.15) is 11.6 Å². The van der Waals surface area contributed by atoms with Crippen LogP contribution < -0.4 is 9.80 Å². The molecule has 0 saturated carbocycles. The summed E-state index contributed by atoms with van der Waals surface area (Å²) in [6.07, 6.45) is 0. The minimum absolute atomic E-state index is 0.206. The number of piperazine rings is 1. The number of para-hydroxylation sites is 2. The van der Waals surface area contributed by atoms with Crippen LogP contribution in [0.5, 0.6) is 5.75 Å². The molecular formula is C21H22N4O. The number of aromatic hydroxyl groups is 1. The lowest BCUT2D eigenvalue weighted by atomic mass is 10.2. The van der Waals surface area contributed by atoms with E-state index in [9.17, 15) is 5.11 Å². The third-order valence-electron chi connectivity index (χ3n) is 4.71. The van der Waals surface area contributed by atoms with Crippen LogP contribution in [0.1, 0.15) is 5.69 Å². The maximum Gasteiger partial charge on any atom is 0.165 e. The maximum absolute atomic E-state index is 10.1. The van der Waals surface area contributed by atoms with E-state index >= 15 is 0 Å². The second kappa shape index (κ2) is 7.04. The van der Waals surface area contributed by atoms with Crippen LogP contribution in [0.4, 0.5) is 11.5 Å². The van der Waals surface area contributed by atoms with Gasteiger partial charge in [-0.15, -0.1) is 0 Å². The molecule has 1 saturated heterocycles. The quantitative estimate of drug-likeness (QED) is 0.787. The Kier molecular flexibility index (Phi) is 4.44. The first-order chi connectivity index (χ1) is 12.7. The van der Waals surface area contributed by atoms with Gasteiger partial charge in [-0.1, -0.05) is 30.3 Å². The number of hydrogen-bond donors (Lipinski definition) is 1. The van der Waals surface area contributed by atoms with Gasteiger partial charge < -0.3 is 14.9 Å². The van der Waals surface area contributed by atoms with Crippen molar-refractivity contribution in [2.75, 3.05) is 36.0 Å². The normalized spacial score (nSPS) is 14.5. The van der Waals surface area contributed by atoms with Gasteiger partial charge in [0.15, 0.2) is 5.82 Å². The zero-order valence-corrected chi connectivity index (χ0v) is 14.8. The number of anilines is 2. The Balaban J connectivity index is 1.55. The average molecular weight is 346 g/mol. The van der Waals surface area contributed by atoms with Crippen molar-refractivity contribution >= 4 is 11.5 Å². The van der Waals surface area contributed by atoms with Crippen LogP contribution in [-0.4, -0.2) is 41.3 Å². The van der Waals surface area contributed by atoms with Gasteiger partial charge in [-0.2, -0.15) is 0 Å². The Morgan fingerprint density at radius 3 is 2.19 bits per heavy atom. The zero-order valence-electron chi connectivity index (χ0n) is 14.8. The Bertz CT molecular complexity index is 890. The van der Waals surface area contributed by atoms with Crippen LogP contribution in [0.15, 0.2) is 60.7 Å². The molecule has 1 N–H and O–H groups in total. The number of nitrogens with zero attached hydrogens (tertiary/aromatic N) is 4. The average Bonchev–Trinajstić information content (AvgIpc) is 2.69. The summed E-state index contributed by atoms with van der Waals surface area (Å²) in [5.74, 6) is 1.70. The predicted octanol–water partition coefficient (Wildman–Crippen LogP) is 3.48. The third-order valence-corrected chi connectivity index (χ3v) is 4.71. The van der Waals surface area contributed by atoms with Crippen molar-refractivity contribution in [3.8, 4) is 17.1 Å². The van der Waals surface area contributed by atoms with E-state index in [4.69, 9.17) is 4.98 Å². The third kappa shape index (κ3) is 3.33. The number of aromatic nitrogens is 2. The fourth-order valence-corrected chi connectivity index (χ4v) is 3.33. The first-order valence-electron chi connectivity index (χ1n) is 8.90. The largest absolute Gasteiger partial charge is 0.507 e. The smallest absolute Gasteiger partial charge is 0.165 e. The van der Waals surface area contributed by atoms with Crippen molar-refractivity contribution in [1.82, 2.24) is 9.97 Å². The fourth-order valence-electron chi connectivity index (χ4n) is 3.33. The Hall–Kier alpha value is -3.08.